The van der Waals surface area contributed by atoms with Gasteiger partial charge in [-0.2, -0.15) is 5.10 Å². The summed E-state index contributed by atoms with van der Waals surface area (Å²) in [5.74, 6) is 1.57. The highest BCUT2D eigenvalue weighted by atomic mass is 32.1. The zero-order valence-corrected chi connectivity index (χ0v) is 18.0. The molecule has 2 aliphatic rings. The molecule has 0 saturated carbocycles. The van der Waals surface area contributed by atoms with Crippen molar-refractivity contribution < 1.29 is 0 Å². The average Bonchev–Trinajstić information content (AvgIpc) is 3.22. The molecule has 2 aromatic heterocycles. The monoisotopic (exact) mass is 393 g/mol. The molecule has 4 heterocycles. The molecule has 0 saturated heterocycles. The van der Waals surface area contributed by atoms with Gasteiger partial charge in [0.2, 0.25) is 0 Å². The quantitative estimate of drug-likeness (QED) is 0.682. The van der Waals surface area contributed by atoms with Crippen molar-refractivity contribution in [3.8, 4) is 10.6 Å². The maximum atomic E-state index is 5.06. The third-order valence-electron chi connectivity index (χ3n) is 5.61. The average molecular weight is 394 g/mol. The third kappa shape index (κ3) is 3.20. The van der Waals surface area contributed by atoms with Gasteiger partial charge in [-0.1, -0.05) is 13.8 Å². The molecule has 0 bridgehead atoms. The lowest BCUT2D eigenvalue weighted by Gasteiger charge is -2.30. The number of nitrogens with zero attached hydrogens (tertiary/aromatic N) is 5. The number of pyridine rings is 1. The van der Waals surface area contributed by atoms with Gasteiger partial charge in [0.1, 0.15) is 16.9 Å². The van der Waals surface area contributed by atoms with E-state index >= 15 is 0 Å². The fourth-order valence-corrected chi connectivity index (χ4v) is 5.38. The van der Waals surface area contributed by atoms with Crippen LogP contribution in [-0.4, -0.2) is 32.6 Å². The first-order valence-corrected chi connectivity index (χ1v) is 10.9. The van der Waals surface area contributed by atoms with Gasteiger partial charge >= 0.3 is 0 Å². The van der Waals surface area contributed by atoms with Crippen LogP contribution in [0.2, 0.25) is 0 Å². The van der Waals surface area contributed by atoms with Crippen molar-refractivity contribution in [1.82, 2.24) is 15.0 Å². The number of aromatic nitrogens is 2. The maximum Gasteiger partial charge on any atom is 0.148 e. The van der Waals surface area contributed by atoms with Crippen molar-refractivity contribution in [3.63, 3.8) is 0 Å². The van der Waals surface area contributed by atoms with Crippen LogP contribution >= 0.6 is 11.3 Å². The highest BCUT2D eigenvalue weighted by molar-refractivity contribution is 7.15. The van der Waals surface area contributed by atoms with Crippen molar-refractivity contribution in [2.45, 2.75) is 59.5 Å². The molecule has 0 radical (unpaired) electrons. The van der Waals surface area contributed by atoms with Crippen LogP contribution in [0.4, 0.5) is 0 Å². The molecule has 2 unspecified atom stereocenters. The Hall–Kier alpha value is -2.34. The van der Waals surface area contributed by atoms with Crippen molar-refractivity contribution in [2.24, 2.45) is 16.0 Å². The summed E-state index contributed by atoms with van der Waals surface area (Å²) in [6.45, 7) is 10.9. The number of aliphatic imine (C=N–C) groups is 1. The SMILES string of the molecule is CCC(CC)C1=CC(C)=NN2C1=NC(C)C2c1sc(-c2ccncc2)nc1C. The minimum Gasteiger partial charge on any atom is -0.265 e. The molecular weight excluding hydrogens is 366 g/mol. The Morgan fingerprint density at radius 3 is 2.54 bits per heavy atom. The first-order chi connectivity index (χ1) is 13.5. The van der Waals surface area contributed by atoms with Gasteiger partial charge in [-0.05, 0) is 57.7 Å². The fourth-order valence-electron chi connectivity index (χ4n) is 4.12. The molecule has 28 heavy (non-hydrogen) atoms. The largest absolute Gasteiger partial charge is 0.265 e. The zero-order chi connectivity index (χ0) is 19.8. The summed E-state index contributed by atoms with van der Waals surface area (Å²) >= 11 is 1.75. The van der Waals surface area contributed by atoms with E-state index in [-0.39, 0.29) is 12.1 Å². The van der Waals surface area contributed by atoms with Crippen LogP contribution in [0.25, 0.3) is 10.6 Å². The standard InChI is InChI=1S/C22H27N5S/c1-6-16(7-2)18-12-13(3)26-27-19(14(4)24-21(18)27)20-15(5)25-22(28-20)17-8-10-23-11-9-17/h8-12,14,16,19H,6-7H2,1-5H3. The smallest absolute Gasteiger partial charge is 0.148 e. The second-order valence-corrected chi connectivity index (χ2v) is 8.57. The van der Waals surface area contributed by atoms with Crippen LogP contribution < -0.4 is 0 Å². The van der Waals surface area contributed by atoms with Gasteiger partial charge in [-0.3, -0.25) is 9.98 Å². The van der Waals surface area contributed by atoms with Gasteiger partial charge in [0.25, 0.3) is 0 Å². The van der Waals surface area contributed by atoms with Crippen LogP contribution in [0.5, 0.6) is 0 Å². The summed E-state index contributed by atoms with van der Waals surface area (Å²) in [4.78, 5) is 15.3. The molecule has 0 fully saturated rings. The Labute approximate surface area is 170 Å². The number of hydrazone groups is 1. The van der Waals surface area contributed by atoms with E-state index in [1.54, 1.807) is 11.3 Å². The molecule has 6 heteroatoms. The lowest BCUT2D eigenvalue weighted by Crippen LogP contribution is -2.34. The first kappa shape index (κ1) is 19.0. The maximum absolute atomic E-state index is 5.06. The number of hydrogen-bond acceptors (Lipinski definition) is 6. The van der Waals surface area contributed by atoms with Gasteiger partial charge in [0, 0.05) is 23.5 Å². The van der Waals surface area contributed by atoms with Gasteiger partial charge in [-0.15, -0.1) is 11.3 Å². The van der Waals surface area contributed by atoms with E-state index in [4.69, 9.17) is 15.1 Å². The second-order valence-electron chi connectivity index (χ2n) is 7.54. The number of amidine groups is 1. The molecule has 2 aromatic rings. The molecule has 2 aliphatic heterocycles. The number of hydrogen-bond donors (Lipinski definition) is 0. The minimum absolute atomic E-state index is 0.107. The molecule has 0 N–H and O–H groups in total. The zero-order valence-electron chi connectivity index (χ0n) is 17.2. The third-order valence-corrected chi connectivity index (χ3v) is 6.88. The van der Waals surface area contributed by atoms with E-state index in [0.717, 1.165) is 40.7 Å². The Balaban J connectivity index is 1.72. The Morgan fingerprint density at radius 2 is 1.86 bits per heavy atom. The summed E-state index contributed by atoms with van der Waals surface area (Å²) in [6.07, 6.45) is 8.09. The van der Waals surface area contributed by atoms with Gasteiger partial charge < -0.3 is 0 Å². The van der Waals surface area contributed by atoms with Crippen LogP contribution in [0.3, 0.4) is 0 Å². The van der Waals surface area contributed by atoms with Gasteiger partial charge in [-0.25, -0.2) is 9.99 Å². The predicted molar refractivity (Wildman–Crippen MR) is 117 cm³/mol. The van der Waals surface area contributed by atoms with Crippen LogP contribution in [0.15, 0.2) is 46.3 Å². The lowest BCUT2D eigenvalue weighted by molar-refractivity contribution is 0.330. The molecule has 0 spiro atoms. The van der Waals surface area contributed by atoms with Crippen molar-refractivity contribution in [1.29, 1.82) is 0 Å². The Kier molecular flexibility index (Phi) is 5.15. The van der Waals surface area contributed by atoms with Gasteiger partial charge in [0.05, 0.1) is 22.3 Å². The normalized spacial score (nSPS) is 21.5. The highest BCUT2D eigenvalue weighted by Crippen LogP contribution is 2.43. The predicted octanol–water partition coefficient (Wildman–Crippen LogP) is 5.41. The molecule has 4 rings (SSSR count). The summed E-state index contributed by atoms with van der Waals surface area (Å²) in [5, 5.41) is 8.08. The highest BCUT2D eigenvalue weighted by Gasteiger charge is 2.41. The van der Waals surface area contributed by atoms with Gasteiger partial charge in [0.15, 0.2) is 0 Å². The Morgan fingerprint density at radius 1 is 1.14 bits per heavy atom. The first-order valence-electron chi connectivity index (χ1n) is 10.0. The topological polar surface area (TPSA) is 53.7 Å². The molecular formula is C22H27N5S. The molecule has 0 aliphatic carbocycles. The fraction of sp³-hybridized carbons (Fsp3) is 0.455. The summed E-state index contributed by atoms with van der Waals surface area (Å²) in [5.41, 5.74) is 4.56. The Bertz CT molecular complexity index is 953. The number of thiazole rings is 1. The lowest BCUT2D eigenvalue weighted by atomic mass is 9.91. The van der Waals surface area contributed by atoms with E-state index in [1.165, 1.54) is 10.5 Å². The van der Waals surface area contributed by atoms with Crippen LogP contribution in [-0.2, 0) is 0 Å². The van der Waals surface area contributed by atoms with Crippen LogP contribution in [0, 0.1) is 12.8 Å². The number of allylic oxidation sites excluding steroid dienone is 1. The molecule has 5 nitrogen and oxygen atoms in total. The van der Waals surface area contributed by atoms with E-state index in [2.05, 4.69) is 50.7 Å². The van der Waals surface area contributed by atoms with Crippen molar-refractivity contribution >= 4 is 22.9 Å². The molecule has 0 aromatic carbocycles. The van der Waals surface area contributed by atoms with Crippen molar-refractivity contribution in [3.05, 3.63) is 46.7 Å². The summed E-state index contributed by atoms with van der Waals surface area (Å²) in [7, 11) is 0. The van der Waals surface area contributed by atoms with E-state index in [1.807, 2.05) is 24.5 Å². The molecule has 2 atom stereocenters. The van der Waals surface area contributed by atoms with E-state index in [0.29, 0.717) is 5.92 Å². The van der Waals surface area contributed by atoms with E-state index < -0.39 is 0 Å². The number of fused-ring (bicyclic) bond motifs is 1. The number of rotatable bonds is 5. The second kappa shape index (κ2) is 7.59. The molecule has 146 valence electrons. The molecule has 0 amide bonds. The summed E-state index contributed by atoms with van der Waals surface area (Å²) < 4.78 is 0. The summed E-state index contributed by atoms with van der Waals surface area (Å²) in [6, 6.07) is 4.28. The minimum atomic E-state index is 0.107. The van der Waals surface area contributed by atoms with Crippen LogP contribution in [0.1, 0.15) is 57.1 Å². The van der Waals surface area contributed by atoms with E-state index in [9.17, 15) is 0 Å². The number of aryl methyl sites for hydroxylation is 1. The van der Waals surface area contributed by atoms with Crippen molar-refractivity contribution in [2.75, 3.05) is 0 Å².